The maximum absolute atomic E-state index is 12.9. The van der Waals surface area contributed by atoms with Crippen molar-refractivity contribution in [1.82, 2.24) is 0 Å². The highest BCUT2D eigenvalue weighted by Gasteiger charge is 2.28. The minimum absolute atomic E-state index is 0.144. The second-order valence-electron chi connectivity index (χ2n) is 11.8. The SMILES string of the molecule is CCC(CC(CC(C)c1ccc(OC(C)OC(C)(C)C)cc1)c1ccc(O)cc1)C(=O)OC(C)(C)C. The normalized spacial score (nSPS) is 15.6. The summed E-state index contributed by atoms with van der Waals surface area (Å²) in [6.45, 7) is 17.9. The van der Waals surface area contributed by atoms with Crippen molar-refractivity contribution in [3.63, 3.8) is 0 Å². The Balaban J connectivity index is 2.16. The fraction of sp³-hybridized carbons (Fsp3) is 0.581. The lowest BCUT2D eigenvalue weighted by Gasteiger charge is -2.28. The van der Waals surface area contributed by atoms with E-state index >= 15 is 0 Å². The van der Waals surface area contributed by atoms with Gasteiger partial charge in [0, 0.05) is 0 Å². The topological polar surface area (TPSA) is 65.0 Å². The zero-order valence-corrected chi connectivity index (χ0v) is 23.6. The molecule has 4 atom stereocenters. The number of phenols is 1. The average molecular weight is 499 g/mol. The van der Waals surface area contributed by atoms with E-state index < -0.39 is 5.60 Å². The summed E-state index contributed by atoms with van der Waals surface area (Å²) in [4.78, 5) is 12.9. The standard InChI is InChI=1S/C31H46O5/c1-10-23(29(33)36-31(7,8)9)20-26(25-11-15-27(32)16-12-25)19-21(2)24-13-17-28(18-14-24)34-22(3)35-30(4,5)6/h11-18,21-23,26,32H,10,19-20H2,1-9H3. The first kappa shape index (κ1) is 29.7. The second kappa shape index (κ2) is 12.6. The first-order chi connectivity index (χ1) is 16.7. The molecule has 0 aromatic heterocycles. The smallest absolute Gasteiger partial charge is 0.309 e. The number of phenolic OH excluding ortho intramolecular Hbond substituents is 1. The highest BCUT2D eigenvalue weighted by Crippen LogP contribution is 2.37. The summed E-state index contributed by atoms with van der Waals surface area (Å²) in [5.74, 6) is 1.09. The molecule has 2 aromatic carbocycles. The van der Waals surface area contributed by atoms with Crippen LogP contribution in [0.15, 0.2) is 48.5 Å². The second-order valence-corrected chi connectivity index (χ2v) is 11.8. The Bertz CT molecular complexity index is 935. The van der Waals surface area contributed by atoms with Crippen molar-refractivity contribution in [2.75, 3.05) is 0 Å². The number of hydrogen-bond donors (Lipinski definition) is 1. The van der Waals surface area contributed by atoms with E-state index in [1.165, 1.54) is 5.56 Å². The van der Waals surface area contributed by atoms with Gasteiger partial charge in [0.05, 0.1) is 11.5 Å². The van der Waals surface area contributed by atoms with Gasteiger partial charge in [-0.05, 0) is 115 Å². The molecule has 0 aliphatic carbocycles. The molecule has 0 bridgehead atoms. The summed E-state index contributed by atoms with van der Waals surface area (Å²) in [5.41, 5.74) is 1.55. The van der Waals surface area contributed by atoms with Crippen molar-refractivity contribution < 1.29 is 24.1 Å². The average Bonchev–Trinajstić information content (AvgIpc) is 2.75. The van der Waals surface area contributed by atoms with Crippen molar-refractivity contribution in [3.8, 4) is 11.5 Å². The van der Waals surface area contributed by atoms with Gasteiger partial charge >= 0.3 is 5.97 Å². The number of hydrogen-bond acceptors (Lipinski definition) is 5. The molecule has 0 aliphatic heterocycles. The van der Waals surface area contributed by atoms with Gasteiger partial charge < -0.3 is 19.3 Å². The van der Waals surface area contributed by atoms with Crippen LogP contribution in [0.3, 0.4) is 0 Å². The fourth-order valence-electron chi connectivity index (χ4n) is 4.42. The number of carbonyl (C=O) groups excluding carboxylic acids is 1. The molecule has 200 valence electrons. The van der Waals surface area contributed by atoms with Crippen molar-refractivity contribution >= 4 is 5.97 Å². The zero-order chi connectivity index (χ0) is 27.1. The van der Waals surface area contributed by atoms with Crippen molar-refractivity contribution in [2.24, 2.45) is 5.92 Å². The molecule has 0 saturated carbocycles. The first-order valence-electron chi connectivity index (χ1n) is 13.1. The summed E-state index contributed by atoms with van der Waals surface area (Å²) in [5, 5.41) is 9.80. The first-order valence-corrected chi connectivity index (χ1v) is 13.1. The van der Waals surface area contributed by atoms with Crippen LogP contribution in [0.2, 0.25) is 0 Å². The third kappa shape index (κ3) is 10.2. The van der Waals surface area contributed by atoms with E-state index in [0.29, 0.717) is 6.42 Å². The molecule has 36 heavy (non-hydrogen) atoms. The third-order valence-corrected chi connectivity index (χ3v) is 6.08. The van der Waals surface area contributed by atoms with E-state index in [1.807, 2.05) is 79.7 Å². The Kier molecular flexibility index (Phi) is 10.4. The summed E-state index contributed by atoms with van der Waals surface area (Å²) >= 11 is 0. The van der Waals surface area contributed by atoms with Crippen LogP contribution in [0.5, 0.6) is 11.5 Å². The Morgan fingerprint density at radius 2 is 1.39 bits per heavy atom. The van der Waals surface area contributed by atoms with Gasteiger partial charge in [-0.25, -0.2) is 0 Å². The third-order valence-electron chi connectivity index (χ3n) is 6.08. The van der Waals surface area contributed by atoms with Gasteiger partial charge in [0.25, 0.3) is 0 Å². The lowest BCUT2D eigenvalue weighted by atomic mass is 9.80. The molecule has 0 fully saturated rings. The van der Waals surface area contributed by atoms with Crippen LogP contribution in [0, 0.1) is 5.92 Å². The predicted molar refractivity (Wildman–Crippen MR) is 145 cm³/mol. The zero-order valence-electron chi connectivity index (χ0n) is 23.6. The number of benzene rings is 2. The Morgan fingerprint density at radius 1 is 0.833 bits per heavy atom. The van der Waals surface area contributed by atoms with Crippen LogP contribution >= 0.6 is 0 Å². The quantitative estimate of drug-likeness (QED) is 0.251. The number of esters is 1. The van der Waals surface area contributed by atoms with Gasteiger partial charge in [0.2, 0.25) is 0 Å². The van der Waals surface area contributed by atoms with Gasteiger partial charge in [-0.1, -0.05) is 38.1 Å². The van der Waals surface area contributed by atoms with Gasteiger partial charge in [0.1, 0.15) is 17.1 Å². The molecular weight excluding hydrogens is 452 g/mol. The van der Waals surface area contributed by atoms with Gasteiger partial charge in [-0.15, -0.1) is 0 Å². The maximum atomic E-state index is 12.9. The Labute approximate surface area is 218 Å². The minimum Gasteiger partial charge on any atom is -0.508 e. The molecule has 2 rings (SSSR count). The van der Waals surface area contributed by atoms with Crippen molar-refractivity contribution in [2.45, 2.75) is 111 Å². The fourth-order valence-corrected chi connectivity index (χ4v) is 4.42. The lowest BCUT2D eigenvalue weighted by molar-refractivity contribution is -0.160. The van der Waals surface area contributed by atoms with E-state index in [4.69, 9.17) is 14.2 Å². The molecular formula is C31H46O5. The molecule has 0 saturated heterocycles. The molecule has 1 N–H and O–H groups in total. The molecule has 5 nitrogen and oxygen atoms in total. The summed E-state index contributed by atoms with van der Waals surface area (Å²) < 4.78 is 17.5. The van der Waals surface area contributed by atoms with E-state index in [-0.39, 0.29) is 41.4 Å². The van der Waals surface area contributed by atoms with Crippen molar-refractivity contribution in [1.29, 1.82) is 0 Å². The summed E-state index contributed by atoms with van der Waals surface area (Å²) in [6, 6.07) is 15.5. The highest BCUT2D eigenvalue weighted by molar-refractivity contribution is 5.73. The van der Waals surface area contributed by atoms with Crippen LogP contribution in [-0.2, 0) is 14.3 Å². The van der Waals surface area contributed by atoms with E-state index in [0.717, 1.165) is 24.2 Å². The molecule has 2 aromatic rings. The number of aromatic hydroxyl groups is 1. The maximum Gasteiger partial charge on any atom is 0.309 e. The molecule has 0 radical (unpaired) electrons. The molecule has 0 spiro atoms. The van der Waals surface area contributed by atoms with Crippen LogP contribution in [-0.4, -0.2) is 28.6 Å². The van der Waals surface area contributed by atoms with E-state index in [9.17, 15) is 9.90 Å². The van der Waals surface area contributed by atoms with Crippen LogP contribution in [0.4, 0.5) is 0 Å². The number of ether oxygens (including phenoxy) is 3. The molecule has 0 amide bonds. The molecule has 0 aliphatic rings. The lowest BCUT2D eigenvalue weighted by Crippen LogP contribution is -2.29. The van der Waals surface area contributed by atoms with Gasteiger partial charge in [-0.3, -0.25) is 4.79 Å². The predicted octanol–water partition coefficient (Wildman–Crippen LogP) is 7.97. The summed E-state index contributed by atoms with van der Waals surface area (Å²) in [7, 11) is 0. The monoisotopic (exact) mass is 498 g/mol. The van der Waals surface area contributed by atoms with E-state index in [2.05, 4.69) is 19.1 Å². The Morgan fingerprint density at radius 3 is 1.89 bits per heavy atom. The number of carbonyl (C=O) groups is 1. The minimum atomic E-state index is -0.509. The highest BCUT2D eigenvalue weighted by atomic mass is 16.7. The van der Waals surface area contributed by atoms with E-state index in [1.54, 1.807) is 12.1 Å². The van der Waals surface area contributed by atoms with Crippen LogP contribution in [0.25, 0.3) is 0 Å². The molecule has 0 heterocycles. The Hall–Kier alpha value is -2.53. The van der Waals surface area contributed by atoms with Crippen LogP contribution in [0.1, 0.15) is 105 Å². The largest absolute Gasteiger partial charge is 0.508 e. The molecule has 5 heteroatoms. The van der Waals surface area contributed by atoms with Gasteiger partial charge in [0.15, 0.2) is 6.29 Å². The van der Waals surface area contributed by atoms with Crippen molar-refractivity contribution in [3.05, 3.63) is 59.7 Å². The van der Waals surface area contributed by atoms with Crippen LogP contribution < -0.4 is 4.74 Å². The number of rotatable bonds is 11. The van der Waals surface area contributed by atoms with Gasteiger partial charge in [-0.2, -0.15) is 0 Å². The summed E-state index contributed by atoms with van der Waals surface area (Å²) in [6.07, 6.45) is 1.95. The molecule has 4 unspecified atom stereocenters.